The highest BCUT2D eigenvalue weighted by molar-refractivity contribution is 7.47. The number of aliphatic hydroxyl groups is 2. The Balaban J connectivity index is 4.09. The van der Waals surface area contributed by atoms with Crippen LogP contribution in [0.15, 0.2) is 12.2 Å². The van der Waals surface area contributed by atoms with Crippen LogP contribution in [0.25, 0.3) is 0 Å². The first-order chi connectivity index (χ1) is 19.8. The molecule has 0 heterocycles. The van der Waals surface area contributed by atoms with Crippen LogP contribution in [-0.4, -0.2) is 65.7 Å². The second-order valence-electron chi connectivity index (χ2n) is 10.4. The van der Waals surface area contributed by atoms with E-state index in [9.17, 15) is 29.3 Å². The first kappa shape index (κ1) is 39.7. The van der Waals surface area contributed by atoms with Gasteiger partial charge in [0.15, 0.2) is 0 Å². The zero-order chi connectivity index (χ0) is 30.6. The summed E-state index contributed by atoms with van der Waals surface area (Å²) in [7, 11) is -4.61. The molecule has 0 radical (unpaired) electrons. The summed E-state index contributed by atoms with van der Waals surface area (Å²) >= 11 is 0. The van der Waals surface area contributed by atoms with E-state index < -0.39 is 58.4 Å². The molecule has 10 nitrogen and oxygen atoms in total. The fourth-order valence-corrected chi connectivity index (χ4v) is 4.76. The first-order valence-electron chi connectivity index (χ1n) is 15.6. The predicted octanol–water partition coefficient (Wildman–Crippen LogP) is 6.55. The number of rotatable bonds is 29. The Morgan fingerprint density at radius 2 is 1.02 bits per heavy atom. The van der Waals surface area contributed by atoms with E-state index in [0.29, 0.717) is 12.8 Å². The second kappa shape index (κ2) is 27.5. The third-order valence-electron chi connectivity index (χ3n) is 6.48. The van der Waals surface area contributed by atoms with E-state index in [1.807, 2.05) is 0 Å². The van der Waals surface area contributed by atoms with E-state index in [2.05, 4.69) is 26.0 Å². The summed E-state index contributed by atoms with van der Waals surface area (Å²) in [5.74, 6) is -1.04. The average molecular weight is 609 g/mol. The lowest BCUT2D eigenvalue weighted by Gasteiger charge is -2.20. The van der Waals surface area contributed by atoms with Crippen LogP contribution in [0.3, 0.4) is 0 Å². The summed E-state index contributed by atoms with van der Waals surface area (Å²) in [6.07, 6.45) is 19.4. The third kappa shape index (κ3) is 26.1. The number of carbonyl (C=O) groups excluding carboxylic acids is 2. The molecule has 0 aromatic carbocycles. The molecule has 0 aliphatic heterocycles. The molecule has 242 valence electrons. The molecule has 0 amide bonds. The Bertz CT molecular complexity index is 715. The molecule has 3 unspecified atom stereocenters. The van der Waals surface area contributed by atoms with Crippen molar-refractivity contribution < 1.29 is 47.8 Å². The molecule has 0 fully saturated rings. The summed E-state index contributed by atoms with van der Waals surface area (Å²) in [5.41, 5.74) is 0. The van der Waals surface area contributed by atoms with Crippen LogP contribution in [0.2, 0.25) is 0 Å². The highest BCUT2D eigenvalue weighted by atomic mass is 31.2. The molecule has 3 atom stereocenters. The number of hydrogen-bond acceptors (Lipinski definition) is 9. The van der Waals surface area contributed by atoms with Crippen molar-refractivity contribution in [1.29, 1.82) is 0 Å². The zero-order valence-corrected chi connectivity index (χ0v) is 26.4. The molecule has 3 N–H and O–H groups in total. The lowest BCUT2D eigenvalue weighted by molar-refractivity contribution is -0.153. The Hall–Kier alpha value is -1.29. The van der Waals surface area contributed by atoms with Crippen molar-refractivity contribution in [2.75, 3.05) is 26.4 Å². The van der Waals surface area contributed by atoms with Crippen LogP contribution in [0.5, 0.6) is 0 Å². The average Bonchev–Trinajstić information content (AvgIpc) is 2.95. The molecule has 0 aliphatic carbocycles. The number of phosphoric acid groups is 1. The van der Waals surface area contributed by atoms with Gasteiger partial charge in [0, 0.05) is 12.8 Å². The minimum Gasteiger partial charge on any atom is -0.457 e. The van der Waals surface area contributed by atoms with Gasteiger partial charge in [-0.05, 0) is 32.1 Å². The molecule has 0 saturated carbocycles. The Morgan fingerprint density at radius 3 is 1.46 bits per heavy atom. The van der Waals surface area contributed by atoms with E-state index in [4.69, 9.17) is 18.5 Å². The zero-order valence-electron chi connectivity index (χ0n) is 25.5. The Morgan fingerprint density at radius 1 is 0.634 bits per heavy atom. The maximum absolute atomic E-state index is 12.2. The van der Waals surface area contributed by atoms with Gasteiger partial charge < -0.3 is 24.6 Å². The normalized spacial score (nSPS) is 14.6. The molecule has 0 aromatic rings. The Labute approximate surface area is 247 Å². The number of aliphatic hydroxyl groups excluding tert-OH is 2. The molecular formula is C30H57O10P. The highest BCUT2D eigenvalue weighted by Gasteiger charge is 2.27. The lowest BCUT2D eigenvalue weighted by Crippen LogP contribution is -2.28. The number of phosphoric ester groups is 1. The van der Waals surface area contributed by atoms with Gasteiger partial charge in [0.25, 0.3) is 0 Å². The number of carbonyl (C=O) groups is 2. The van der Waals surface area contributed by atoms with Crippen molar-refractivity contribution in [3.8, 4) is 0 Å². The summed E-state index contributed by atoms with van der Waals surface area (Å²) in [6.45, 7) is 2.06. The minimum absolute atomic E-state index is 0.184. The SMILES string of the molecule is CCCC/C=C\CCCCCCCC(=O)OC(CO)COP(=O)(O)OCC(CO)OC(=O)CCCCCCCCC. The van der Waals surface area contributed by atoms with Crippen molar-refractivity contribution in [3.63, 3.8) is 0 Å². The first-order valence-corrected chi connectivity index (χ1v) is 17.1. The number of allylic oxidation sites excluding steroid dienone is 2. The van der Waals surface area contributed by atoms with Gasteiger partial charge in [-0.25, -0.2) is 4.57 Å². The topological polar surface area (TPSA) is 149 Å². The van der Waals surface area contributed by atoms with Crippen LogP contribution in [0.1, 0.15) is 129 Å². The summed E-state index contributed by atoms with van der Waals surface area (Å²) in [5, 5.41) is 18.9. The molecular weight excluding hydrogens is 551 g/mol. The number of esters is 2. The lowest BCUT2D eigenvalue weighted by atomic mass is 10.1. The van der Waals surface area contributed by atoms with Crippen molar-refractivity contribution in [1.82, 2.24) is 0 Å². The largest absolute Gasteiger partial charge is 0.472 e. The fraction of sp³-hybridized carbons (Fsp3) is 0.867. The number of unbranched alkanes of at least 4 members (excludes halogenated alkanes) is 13. The molecule has 0 bridgehead atoms. The van der Waals surface area contributed by atoms with Crippen LogP contribution in [0.4, 0.5) is 0 Å². The quantitative estimate of drug-likeness (QED) is 0.0369. The summed E-state index contributed by atoms with van der Waals surface area (Å²) < 4.78 is 32.1. The van der Waals surface area contributed by atoms with Crippen LogP contribution in [-0.2, 0) is 32.7 Å². The fourth-order valence-electron chi connectivity index (χ4n) is 3.98. The molecule has 0 aliphatic rings. The molecule has 0 rings (SSSR count). The van der Waals surface area contributed by atoms with Crippen molar-refractivity contribution >= 4 is 19.8 Å². The minimum atomic E-state index is -4.61. The smallest absolute Gasteiger partial charge is 0.457 e. The van der Waals surface area contributed by atoms with E-state index in [-0.39, 0.29) is 12.8 Å². The standard InChI is InChI=1S/C30H57O10P/c1-3-5-7-9-11-12-13-14-16-18-20-22-30(34)40-28(24-32)26-38-41(35,36)37-25-27(23-31)39-29(33)21-19-17-15-10-8-6-4-2/h9,11,27-28,31-32H,3-8,10,12-26H2,1-2H3,(H,35,36)/b11-9-. The summed E-state index contributed by atoms with van der Waals surface area (Å²) in [6, 6.07) is 0. The van der Waals surface area contributed by atoms with Crippen molar-refractivity contribution in [2.24, 2.45) is 0 Å². The van der Waals surface area contributed by atoms with Crippen LogP contribution in [0, 0.1) is 0 Å². The van der Waals surface area contributed by atoms with Gasteiger partial charge in [0.1, 0.15) is 12.2 Å². The molecule has 41 heavy (non-hydrogen) atoms. The van der Waals surface area contributed by atoms with Crippen LogP contribution < -0.4 is 0 Å². The Kier molecular flexibility index (Phi) is 26.7. The van der Waals surface area contributed by atoms with Gasteiger partial charge in [0.2, 0.25) is 0 Å². The monoisotopic (exact) mass is 608 g/mol. The van der Waals surface area contributed by atoms with Gasteiger partial charge >= 0.3 is 19.8 Å². The predicted molar refractivity (Wildman–Crippen MR) is 159 cm³/mol. The second-order valence-corrected chi connectivity index (χ2v) is 11.9. The van der Waals surface area contributed by atoms with Gasteiger partial charge in [-0.1, -0.05) is 96.6 Å². The molecule has 11 heteroatoms. The van der Waals surface area contributed by atoms with Gasteiger partial charge in [-0.3, -0.25) is 18.6 Å². The van der Waals surface area contributed by atoms with E-state index >= 15 is 0 Å². The van der Waals surface area contributed by atoms with Gasteiger partial charge in [-0.2, -0.15) is 0 Å². The van der Waals surface area contributed by atoms with Gasteiger partial charge in [0.05, 0.1) is 26.4 Å². The molecule has 0 spiro atoms. The molecule has 0 saturated heterocycles. The van der Waals surface area contributed by atoms with Crippen molar-refractivity contribution in [2.45, 2.75) is 142 Å². The van der Waals surface area contributed by atoms with E-state index in [1.54, 1.807) is 0 Å². The molecule has 0 aromatic heterocycles. The maximum atomic E-state index is 12.2. The number of hydrogen-bond donors (Lipinski definition) is 3. The van der Waals surface area contributed by atoms with E-state index in [0.717, 1.165) is 57.8 Å². The van der Waals surface area contributed by atoms with Crippen LogP contribution >= 0.6 is 7.82 Å². The third-order valence-corrected chi connectivity index (χ3v) is 7.43. The highest BCUT2D eigenvalue weighted by Crippen LogP contribution is 2.43. The van der Waals surface area contributed by atoms with Crippen molar-refractivity contribution in [3.05, 3.63) is 12.2 Å². The van der Waals surface area contributed by atoms with Gasteiger partial charge in [-0.15, -0.1) is 0 Å². The summed E-state index contributed by atoms with van der Waals surface area (Å²) in [4.78, 5) is 34.0. The number of ether oxygens (including phenoxy) is 2. The maximum Gasteiger partial charge on any atom is 0.472 e. The van der Waals surface area contributed by atoms with E-state index in [1.165, 1.54) is 32.1 Å².